The Morgan fingerprint density at radius 1 is 0.470 bits per heavy atom. The molecule has 6 aromatic rings. The number of Topliss-reactive ketones (excluding diaryl/α,β-unsaturated/α-hetero) is 2. The lowest BCUT2D eigenvalue weighted by Crippen LogP contribution is -2.27. The highest BCUT2D eigenvalue weighted by atomic mass is 32.2. The van der Waals surface area contributed by atoms with Crippen LogP contribution in [0.4, 0.5) is 27.5 Å². The maximum absolute atomic E-state index is 13.5. The van der Waals surface area contributed by atoms with Gasteiger partial charge in [-0.1, -0.05) is 24.3 Å². The maximum atomic E-state index is 13.5. The summed E-state index contributed by atoms with van der Waals surface area (Å²) in [5.41, 5.74) is 4.03. The lowest BCUT2D eigenvalue weighted by Gasteiger charge is -2.18. The molecule has 2 aliphatic carbocycles. The Morgan fingerprint density at radius 2 is 0.818 bits per heavy atom. The largest absolute Gasteiger partial charge is 0.744 e. The molecule has 0 aliphatic heterocycles. The van der Waals surface area contributed by atoms with Crippen LogP contribution in [0.3, 0.4) is 0 Å². The summed E-state index contributed by atoms with van der Waals surface area (Å²) in [6.45, 7) is 0. The maximum Gasteiger partial charge on any atom is 0.323 e. The summed E-state index contributed by atoms with van der Waals surface area (Å²) in [5.74, 6) is -1.85. The van der Waals surface area contributed by atoms with Gasteiger partial charge in [-0.3, -0.25) is 29.5 Å². The van der Waals surface area contributed by atoms with Gasteiger partial charge in [0, 0.05) is 22.5 Å². The van der Waals surface area contributed by atoms with Crippen LogP contribution in [0, 0.1) is 0 Å². The molecule has 21 nitrogen and oxygen atoms in total. The molecule has 0 spiro atoms. The van der Waals surface area contributed by atoms with Gasteiger partial charge in [0.1, 0.15) is 30.0 Å². The summed E-state index contributed by atoms with van der Waals surface area (Å²) in [7, 11) is -19.6. The number of rotatable bonds is 10. The van der Waals surface area contributed by atoms with E-state index in [-0.39, 0.29) is 45.0 Å². The first kappa shape index (κ1) is 45.1. The van der Waals surface area contributed by atoms with Crippen molar-refractivity contribution in [1.29, 1.82) is 0 Å². The van der Waals surface area contributed by atoms with Crippen LogP contribution >= 0.6 is 0 Å². The Labute approximate surface area is 373 Å². The van der Waals surface area contributed by atoms with Crippen molar-refractivity contribution in [3.05, 3.63) is 141 Å². The summed E-state index contributed by atoms with van der Waals surface area (Å²) in [6.07, 6.45) is 1.91. The van der Waals surface area contributed by atoms with E-state index in [1.165, 1.54) is 97.1 Å². The molecular formula is C41H26N6O15S4-2. The predicted molar refractivity (Wildman–Crippen MR) is 239 cm³/mol. The predicted octanol–water partition coefficient (Wildman–Crippen LogP) is 5.23. The molecule has 2 aliphatic rings. The summed E-state index contributed by atoms with van der Waals surface area (Å²) < 4.78 is 138. The third-order valence-corrected chi connectivity index (χ3v) is 13.3. The van der Waals surface area contributed by atoms with Crippen LogP contribution < -0.4 is 21.5 Å². The molecule has 0 saturated carbocycles. The van der Waals surface area contributed by atoms with E-state index in [2.05, 4.69) is 31.7 Å². The standard InChI is InChI=1S/C41H28N6O15S4/c48-39-33-11-7-27(15-25(33)19-35(65(57,58)59)37(39)46-44-29-5-1-23-17-31(63(51,52)53)9-3-21(23)13-29)42-41(50)43-28-8-12-34-26(16-28)20-36(66(60,61)62)38(40(34)49)47-45-30-6-2-24-18-32(64(54,55)56)10-4-22(24)14-30/h1-20,44-45H,(H2,42,43,50)(H,51,52,53)(H,54,55,56)(H,57,58,59)(H,60,61,62)/p-2/b46-37+,47-38+. The number of amides is 2. The molecule has 0 radical (unpaired) electrons. The summed E-state index contributed by atoms with van der Waals surface area (Å²) in [4.78, 5) is 37.6. The minimum atomic E-state index is -5.08. The van der Waals surface area contributed by atoms with Crippen molar-refractivity contribution >= 4 is 126 Å². The topological polar surface area (TPSA) is 347 Å². The Kier molecular flexibility index (Phi) is 11.3. The third-order valence-electron chi connectivity index (χ3n) is 9.93. The van der Waals surface area contributed by atoms with Crippen LogP contribution in [0.2, 0.25) is 0 Å². The molecular weight excluding hydrogens is 945 g/mol. The number of nitrogens with zero attached hydrogens (tertiary/aromatic N) is 2. The average Bonchev–Trinajstić information content (AvgIpc) is 3.23. The van der Waals surface area contributed by atoms with Gasteiger partial charge in [-0.05, 0) is 130 Å². The van der Waals surface area contributed by atoms with Crippen molar-refractivity contribution < 1.29 is 66.3 Å². The molecule has 8 rings (SSSR count). The zero-order valence-electron chi connectivity index (χ0n) is 32.8. The van der Waals surface area contributed by atoms with Gasteiger partial charge in [0.15, 0.2) is 11.4 Å². The van der Waals surface area contributed by atoms with Gasteiger partial charge in [0.05, 0.1) is 21.2 Å². The molecule has 0 atom stereocenters. The molecule has 0 saturated heterocycles. The number of fused-ring (bicyclic) bond motifs is 4. The summed E-state index contributed by atoms with van der Waals surface area (Å²) >= 11 is 0. The normalized spacial score (nSPS) is 15.5. The van der Waals surface area contributed by atoms with E-state index in [1.807, 2.05) is 0 Å². The molecule has 0 fully saturated rings. The molecule has 0 unspecified atom stereocenters. The Bertz CT molecular complexity index is 3530. The Morgan fingerprint density at radius 3 is 1.18 bits per heavy atom. The SMILES string of the molecule is O=C(Nc1ccc2c(c1)C=C(S(=O)(=O)O)/C(=N\Nc1ccc3cc(S(=O)(=O)[O-])ccc3c1)C2=O)Nc1ccc2c(c1)C=C(S(=O)(=O)O)/C(=N\Nc1ccc3cc(S(=O)(=O)[O-])ccc3c1)C2=O. The van der Waals surface area contributed by atoms with E-state index in [4.69, 9.17) is 0 Å². The number of anilines is 4. The van der Waals surface area contributed by atoms with E-state index in [0.717, 1.165) is 24.3 Å². The van der Waals surface area contributed by atoms with Gasteiger partial charge in [0.25, 0.3) is 20.2 Å². The zero-order chi connectivity index (χ0) is 47.5. The number of hydrogen-bond acceptors (Lipinski definition) is 17. The quantitative estimate of drug-likeness (QED) is 0.0755. The average molecular weight is 971 g/mol. The van der Waals surface area contributed by atoms with Crippen LogP contribution in [0.1, 0.15) is 31.8 Å². The Balaban J connectivity index is 0.987. The van der Waals surface area contributed by atoms with Crippen LogP contribution in [0.25, 0.3) is 33.7 Å². The second-order valence-electron chi connectivity index (χ2n) is 14.3. The third kappa shape index (κ3) is 9.34. The van der Waals surface area contributed by atoms with Crippen molar-refractivity contribution in [2.24, 2.45) is 10.2 Å². The van der Waals surface area contributed by atoms with Crippen LogP contribution in [-0.4, -0.2) is 80.9 Å². The fourth-order valence-electron chi connectivity index (χ4n) is 6.87. The fourth-order valence-corrected chi connectivity index (χ4v) is 9.20. The minimum Gasteiger partial charge on any atom is -0.744 e. The number of carbonyl (C=O) groups excluding carboxylic acids is 3. The number of carbonyl (C=O) groups is 3. The van der Waals surface area contributed by atoms with E-state index in [1.54, 1.807) is 0 Å². The lowest BCUT2D eigenvalue weighted by atomic mass is 9.94. The minimum absolute atomic E-state index is 0.0333. The zero-order valence-corrected chi connectivity index (χ0v) is 36.0. The van der Waals surface area contributed by atoms with Gasteiger partial charge in [-0.15, -0.1) is 0 Å². The number of hydrogen-bond donors (Lipinski definition) is 6. The molecule has 0 heterocycles. The number of nitrogens with one attached hydrogen (secondary N) is 4. The summed E-state index contributed by atoms with van der Waals surface area (Å²) in [6, 6.07) is 22.7. The van der Waals surface area contributed by atoms with E-state index in [0.29, 0.717) is 21.5 Å². The molecule has 25 heteroatoms. The molecule has 6 N–H and O–H groups in total. The number of ketones is 2. The molecule has 336 valence electrons. The van der Waals surface area contributed by atoms with Crippen LogP contribution in [0.5, 0.6) is 0 Å². The van der Waals surface area contributed by atoms with E-state index in [9.17, 15) is 66.3 Å². The van der Waals surface area contributed by atoms with E-state index >= 15 is 0 Å². The van der Waals surface area contributed by atoms with Crippen molar-refractivity contribution in [2.75, 3.05) is 21.5 Å². The van der Waals surface area contributed by atoms with Gasteiger partial charge in [-0.25, -0.2) is 21.6 Å². The van der Waals surface area contributed by atoms with E-state index < -0.39 is 89.1 Å². The lowest BCUT2D eigenvalue weighted by molar-refractivity contribution is 0.105. The fraction of sp³-hybridized carbons (Fsp3) is 0. The van der Waals surface area contributed by atoms with Crippen molar-refractivity contribution in [2.45, 2.75) is 9.79 Å². The molecule has 66 heavy (non-hydrogen) atoms. The van der Waals surface area contributed by atoms with Gasteiger partial charge in [0.2, 0.25) is 11.6 Å². The molecule has 0 aromatic heterocycles. The van der Waals surface area contributed by atoms with Gasteiger partial charge in [-0.2, -0.15) is 27.0 Å². The first-order valence-corrected chi connectivity index (χ1v) is 24.1. The monoisotopic (exact) mass is 970 g/mol. The molecule has 0 bridgehead atoms. The van der Waals surface area contributed by atoms with Crippen molar-refractivity contribution in [3.8, 4) is 0 Å². The second kappa shape index (κ2) is 16.5. The molecule has 6 aromatic carbocycles. The number of hydrazone groups is 2. The first-order chi connectivity index (χ1) is 30.9. The number of allylic oxidation sites excluding steroid dienone is 2. The van der Waals surface area contributed by atoms with Crippen molar-refractivity contribution in [3.63, 3.8) is 0 Å². The highest BCUT2D eigenvalue weighted by Gasteiger charge is 2.34. The number of benzene rings is 6. The van der Waals surface area contributed by atoms with Gasteiger partial charge < -0.3 is 19.7 Å². The smallest absolute Gasteiger partial charge is 0.323 e. The van der Waals surface area contributed by atoms with Gasteiger partial charge >= 0.3 is 6.03 Å². The second-order valence-corrected chi connectivity index (χ2v) is 19.8. The highest BCUT2D eigenvalue weighted by Crippen LogP contribution is 2.31. The summed E-state index contributed by atoms with van der Waals surface area (Å²) in [5, 5.41) is 14.6. The highest BCUT2D eigenvalue weighted by molar-refractivity contribution is 7.91. The molecule has 2 amide bonds. The van der Waals surface area contributed by atoms with Crippen LogP contribution in [-0.2, 0) is 40.5 Å². The van der Waals surface area contributed by atoms with Crippen molar-refractivity contribution in [1.82, 2.24) is 0 Å². The number of urea groups is 1. The Hall–Kier alpha value is -7.49. The first-order valence-electron chi connectivity index (χ1n) is 18.4. The van der Waals surface area contributed by atoms with Crippen LogP contribution in [0.15, 0.2) is 139 Å².